The zero-order valence-corrected chi connectivity index (χ0v) is 15.7. The minimum absolute atomic E-state index is 0. The van der Waals surface area contributed by atoms with E-state index in [4.69, 9.17) is 10.7 Å². The van der Waals surface area contributed by atoms with E-state index in [1.54, 1.807) is 17.4 Å². The van der Waals surface area contributed by atoms with Gasteiger partial charge in [-0.2, -0.15) is 0 Å². The second kappa shape index (κ2) is 7.27. The van der Waals surface area contributed by atoms with Gasteiger partial charge in [-0.25, -0.2) is 4.98 Å². The number of thiazole rings is 1. The Labute approximate surface area is 156 Å². The molecule has 1 atom stereocenters. The molecule has 5 nitrogen and oxygen atoms in total. The molecule has 1 aliphatic rings. The highest BCUT2D eigenvalue weighted by Gasteiger charge is 2.22. The standard InChI is InChI=1S/C16H18N4OS.2ClH/c1-19-6-2-3-11(8-19)12-9-20-13-5-4-10(15(17)21)7-14(13)22-16(20)18-12;;/h4-5,7,9,11H,2-3,6,8H2,1H3,(H2,17,21);2*1H/t11-;;/m0../s1. The third kappa shape index (κ3) is 3.24. The highest BCUT2D eigenvalue weighted by atomic mass is 35.5. The van der Waals surface area contributed by atoms with Gasteiger partial charge >= 0.3 is 0 Å². The molecule has 8 heteroatoms. The van der Waals surface area contributed by atoms with Crippen molar-refractivity contribution in [2.24, 2.45) is 5.73 Å². The molecule has 0 spiro atoms. The monoisotopic (exact) mass is 386 g/mol. The number of carbonyl (C=O) groups is 1. The molecule has 1 aliphatic heterocycles. The van der Waals surface area contributed by atoms with Gasteiger partial charge < -0.3 is 10.6 Å². The molecule has 1 saturated heterocycles. The molecule has 0 unspecified atom stereocenters. The van der Waals surface area contributed by atoms with E-state index in [1.807, 2.05) is 12.1 Å². The zero-order chi connectivity index (χ0) is 15.3. The summed E-state index contributed by atoms with van der Waals surface area (Å²) in [4.78, 5) is 19.5. The van der Waals surface area contributed by atoms with Crippen molar-refractivity contribution in [3.8, 4) is 0 Å². The van der Waals surface area contributed by atoms with Crippen molar-refractivity contribution in [1.29, 1.82) is 0 Å². The molecule has 3 aromatic rings. The topological polar surface area (TPSA) is 63.6 Å². The zero-order valence-electron chi connectivity index (χ0n) is 13.3. The number of benzene rings is 1. The number of nitrogens with two attached hydrogens (primary N) is 1. The lowest BCUT2D eigenvalue weighted by molar-refractivity contribution is 0.100. The van der Waals surface area contributed by atoms with E-state index >= 15 is 0 Å². The number of rotatable bonds is 2. The van der Waals surface area contributed by atoms with Crippen LogP contribution < -0.4 is 5.73 Å². The highest BCUT2D eigenvalue weighted by molar-refractivity contribution is 7.23. The van der Waals surface area contributed by atoms with Crippen LogP contribution in [-0.2, 0) is 0 Å². The summed E-state index contributed by atoms with van der Waals surface area (Å²) in [5, 5.41) is 0. The predicted octanol–water partition coefficient (Wildman–Crippen LogP) is 3.30. The van der Waals surface area contributed by atoms with E-state index in [0.717, 1.165) is 21.7 Å². The average molecular weight is 387 g/mol. The number of aromatic nitrogens is 2. The second-order valence-electron chi connectivity index (χ2n) is 6.07. The number of amides is 1. The fourth-order valence-corrected chi connectivity index (χ4v) is 4.33. The summed E-state index contributed by atoms with van der Waals surface area (Å²) in [6.45, 7) is 2.26. The van der Waals surface area contributed by atoms with E-state index in [-0.39, 0.29) is 30.7 Å². The molecule has 0 saturated carbocycles. The first-order valence-electron chi connectivity index (χ1n) is 7.52. The first-order chi connectivity index (χ1) is 10.6. The maximum Gasteiger partial charge on any atom is 0.248 e. The van der Waals surface area contributed by atoms with Gasteiger partial charge in [0.15, 0.2) is 4.96 Å². The van der Waals surface area contributed by atoms with Crippen LogP contribution in [0, 0.1) is 0 Å². The summed E-state index contributed by atoms with van der Waals surface area (Å²) >= 11 is 1.61. The van der Waals surface area contributed by atoms with Crippen LogP contribution in [0.1, 0.15) is 34.8 Å². The number of fused-ring (bicyclic) bond motifs is 3. The van der Waals surface area contributed by atoms with E-state index < -0.39 is 0 Å². The Morgan fingerprint density at radius 1 is 1.38 bits per heavy atom. The number of imidazole rings is 1. The SMILES string of the molecule is CN1CCC[C@H](c2cn3c(n2)sc2cc(C(N)=O)ccc23)C1.Cl.Cl. The van der Waals surface area contributed by atoms with Gasteiger partial charge in [0.1, 0.15) is 0 Å². The van der Waals surface area contributed by atoms with Gasteiger partial charge in [-0.1, -0.05) is 11.3 Å². The molecule has 1 aromatic carbocycles. The first-order valence-corrected chi connectivity index (χ1v) is 8.33. The molecule has 1 fully saturated rings. The van der Waals surface area contributed by atoms with Crippen LogP contribution in [0.15, 0.2) is 24.4 Å². The molecule has 0 bridgehead atoms. The van der Waals surface area contributed by atoms with Gasteiger partial charge in [0, 0.05) is 24.2 Å². The van der Waals surface area contributed by atoms with E-state index in [0.29, 0.717) is 11.5 Å². The van der Waals surface area contributed by atoms with Crippen LogP contribution in [0.4, 0.5) is 0 Å². The van der Waals surface area contributed by atoms with Gasteiger partial charge in [0.25, 0.3) is 0 Å². The highest BCUT2D eigenvalue weighted by Crippen LogP contribution is 2.31. The summed E-state index contributed by atoms with van der Waals surface area (Å²) < 4.78 is 3.18. The van der Waals surface area contributed by atoms with Crippen molar-refractivity contribution in [1.82, 2.24) is 14.3 Å². The summed E-state index contributed by atoms with van der Waals surface area (Å²) in [5.41, 5.74) is 8.16. The molecule has 3 heterocycles. The number of likely N-dealkylation sites (N-methyl/N-ethyl adjacent to an activating group) is 1. The molecular formula is C16H20Cl2N4OS. The maximum absolute atomic E-state index is 11.3. The second-order valence-corrected chi connectivity index (χ2v) is 7.08. The Bertz CT molecular complexity index is 876. The maximum atomic E-state index is 11.3. The van der Waals surface area contributed by atoms with Crippen LogP contribution in [0.2, 0.25) is 0 Å². The third-order valence-electron chi connectivity index (χ3n) is 4.44. The molecule has 24 heavy (non-hydrogen) atoms. The minimum atomic E-state index is -0.390. The summed E-state index contributed by atoms with van der Waals surface area (Å²) in [5.74, 6) is 0.129. The molecule has 0 radical (unpaired) electrons. The summed E-state index contributed by atoms with van der Waals surface area (Å²) in [7, 11) is 2.17. The third-order valence-corrected chi connectivity index (χ3v) is 5.46. The lowest BCUT2D eigenvalue weighted by Gasteiger charge is -2.28. The quantitative estimate of drug-likeness (QED) is 0.734. The molecule has 1 amide bonds. The Morgan fingerprint density at radius 3 is 2.88 bits per heavy atom. The van der Waals surface area contributed by atoms with Crippen LogP contribution in [0.5, 0.6) is 0 Å². The van der Waals surface area contributed by atoms with Gasteiger partial charge in [0.05, 0.1) is 15.9 Å². The van der Waals surface area contributed by atoms with Gasteiger partial charge in [-0.15, -0.1) is 24.8 Å². The molecule has 130 valence electrons. The van der Waals surface area contributed by atoms with Crippen molar-refractivity contribution in [3.63, 3.8) is 0 Å². The van der Waals surface area contributed by atoms with Crippen molar-refractivity contribution in [2.45, 2.75) is 18.8 Å². The molecule has 2 N–H and O–H groups in total. The fourth-order valence-electron chi connectivity index (χ4n) is 3.28. The van der Waals surface area contributed by atoms with Crippen LogP contribution >= 0.6 is 36.2 Å². The number of halogens is 2. The average Bonchev–Trinajstić information content (AvgIpc) is 3.03. The Balaban J connectivity index is 0.00000104. The number of primary amides is 1. The van der Waals surface area contributed by atoms with E-state index in [9.17, 15) is 4.79 Å². The number of carbonyl (C=O) groups excluding carboxylic acids is 1. The van der Waals surface area contributed by atoms with Crippen LogP contribution in [-0.4, -0.2) is 40.3 Å². The van der Waals surface area contributed by atoms with Crippen molar-refractivity contribution < 1.29 is 4.79 Å². The van der Waals surface area contributed by atoms with Gasteiger partial charge in [-0.3, -0.25) is 9.20 Å². The number of hydrogen-bond acceptors (Lipinski definition) is 4. The number of hydrogen-bond donors (Lipinski definition) is 1. The van der Waals surface area contributed by atoms with Crippen LogP contribution in [0.3, 0.4) is 0 Å². The summed E-state index contributed by atoms with van der Waals surface area (Å²) in [6.07, 6.45) is 4.59. The Hall–Kier alpha value is -1.34. The number of nitrogens with zero attached hydrogens (tertiary/aromatic N) is 3. The fraction of sp³-hybridized carbons (Fsp3) is 0.375. The van der Waals surface area contributed by atoms with E-state index in [2.05, 4.69) is 22.5 Å². The van der Waals surface area contributed by atoms with Crippen molar-refractivity contribution in [3.05, 3.63) is 35.7 Å². The smallest absolute Gasteiger partial charge is 0.248 e. The molecular weight excluding hydrogens is 367 g/mol. The largest absolute Gasteiger partial charge is 0.366 e. The van der Waals surface area contributed by atoms with Crippen molar-refractivity contribution >= 4 is 57.2 Å². The summed E-state index contributed by atoms with van der Waals surface area (Å²) in [6, 6.07) is 5.59. The predicted molar refractivity (Wildman–Crippen MR) is 103 cm³/mol. The Morgan fingerprint density at radius 2 is 2.17 bits per heavy atom. The normalized spacial score (nSPS) is 18.3. The van der Waals surface area contributed by atoms with Gasteiger partial charge in [0.2, 0.25) is 5.91 Å². The Kier molecular flexibility index (Phi) is 5.75. The minimum Gasteiger partial charge on any atom is -0.366 e. The van der Waals surface area contributed by atoms with Crippen molar-refractivity contribution in [2.75, 3.05) is 20.1 Å². The molecule has 4 rings (SSSR count). The lowest BCUT2D eigenvalue weighted by Crippen LogP contribution is -2.30. The number of piperidine rings is 1. The first kappa shape index (κ1) is 19.0. The lowest BCUT2D eigenvalue weighted by atomic mass is 9.96. The van der Waals surface area contributed by atoms with Gasteiger partial charge in [-0.05, 0) is 44.6 Å². The number of likely N-dealkylation sites (tertiary alicyclic amines) is 1. The molecule has 2 aromatic heterocycles. The molecule has 0 aliphatic carbocycles. The van der Waals surface area contributed by atoms with E-state index in [1.165, 1.54) is 25.1 Å². The van der Waals surface area contributed by atoms with Crippen LogP contribution in [0.25, 0.3) is 15.2 Å².